The van der Waals surface area contributed by atoms with E-state index in [1.807, 2.05) is 0 Å². The molecule has 3 aromatic rings. The van der Waals surface area contributed by atoms with Gasteiger partial charge in [0.25, 0.3) is 10.0 Å². The van der Waals surface area contributed by atoms with Crippen LogP contribution in [0, 0.1) is 0 Å². The summed E-state index contributed by atoms with van der Waals surface area (Å²) in [6.07, 6.45) is 1.69. The number of aromatic nitrogens is 2. The maximum atomic E-state index is 12.8. The van der Waals surface area contributed by atoms with Crippen molar-refractivity contribution in [3.8, 4) is 0 Å². The molecule has 0 aliphatic rings. The Bertz CT molecular complexity index is 1070. The van der Waals surface area contributed by atoms with E-state index in [0.29, 0.717) is 11.1 Å². The van der Waals surface area contributed by atoms with Gasteiger partial charge in [-0.05, 0) is 45.0 Å². The molecule has 0 aliphatic carbocycles. The van der Waals surface area contributed by atoms with Crippen LogP contribution in [0.15, 0.2) is 59.8 Å². The van der Waals surface area contributed by atoms with Crippen LogP contribution in [-0.4, -0.2) is 34.1 Å². The summed E-state index contributed by atoms with van der Waals surface area (Å²) in [5, 5.41) is 10.1. The van der Waals surface area contributed by atoms with Crippen LogP contribution in [0.1, 0.15) is 20.8 Å². The number of carboxylic acid groups (broad SMARTS) is 1. The molecule has 7 nitrogen and oxygen atoms in total. The summed E-state index contributed by atoms with van der Waals surface area (Å²) < 4.78 is 26.7. The first-order valence-electron chi connectivity index (χ1n) is 7.93. The van der Waals surface area contributed by atoms with Gasteiger partial charge in [-0.3, -0.25) is 4.90 Å². The standard InChI is InChI=1S/C18H19N3O4S/c1-18(2,3)21(17(22)23)14-11-13-9-10-20(16(13)19-12-14)26(24,25)15-7-5-4-6-8-15/h4-12H,1-3H3,(H,22,23). The Kier molecular flexibility index (Phi) is 4.23. The third-order valence-electron chi connectivity index (χ3n) is 3.90. The zero-order chi connectivity index (χ0) is 19.1. The highest BCUT2D eigenvalue weighted by Crippen LogP contribution is 2.28. The molecule has 0 unspecified atom stereocenters. The Morgan fingerprint density at radius 1 is 1.15 bits per heavy atom. The van der Waals surface area contributed by atoms with Gasteiger partial charge < -0.3 is 5.11 Å². The van der Waals surface area contributed by atoms with Gasteiger partial charge in [-0.2, -0.15) is 0 Å². The summed E-state index contributed by atoms with van der Waals surface area (Å²) in [4.78, 5) is 17.2. The van der Waals surface area contributed by atoms with Crippen LogP contribution in [0.2, 0.25) is 0 Å². The van der Waals surface area contributed by atoms with Crippen LogP contribution in [0.4, 0.5) is 10.5 Å². The molecule has 1 aromatic carbocycles. The SMILES string of the molecule is CC(C)(C)N(C(=O)O)c1cnc2c(ccn2S(=O)(=O)c2ccccc2)c1. The number of anilines is 1. The van der Waals surface area contributed by atoms with Crippen LogP contribution in [0.25, 0.3) is 11.0 Å². The fraction of sp³-hybridized carbons (Fsp3) is 0.222. The summed E-state index contributed by atoms with van der Waals surface area (Å²) in [7, 11) is -3.78. The first-order chi connectivity index (χ1) is 12.1. The predicted molar refractivity (Wildman–Crippen MR) is 99.0 cm³/mol. The van der Waals surface area contributed by atoms with Gasteiger partial charge in [-0.25, -0.2) is 22.2 Å². The van der Waals surface area contributed by atoms with Crippen LogP contribution in [0.5, 0.6) is 0 Å². The van der Waals surface area contributed by atoms with Gasteiger partial charge >= 0.3 is 6.09 Å². The number of carbonyl (C=O) groups is 1. The second-order valence-corrected chi connectivity index (χ2v) is 8.64. The van der Waals surface area contributed by atoms with Crippen molar-refractivity contribution in [1.29, 1.82) is 0 Å². The van der Waals surface area contributed by atoms with Crippen LogP contribution in [-0.2, 0) is 10.0 Å². The minimum atomic E-state index is -3.78. The minimum absolute atomic E-state index is 0.158. The van der Waals surface area contributed by atoms with Crippen molar-refractivity contribution in [2.24, 2.45) is 0 Å². The van der Waals surface area contributed by atoms with Crippen molar-refractivity contribution >= 4 is 32.8 Å². The quantitative estimate of drug-likeness (QED) is 0.758. The molecule has 8 heteroatoms. The van der Waals surface area contributed by atoms with E-state index in [1.54, 1.807) is 51.1 Å². The van der Waals surface area contributed by atoms with Gasteiger partial charge in [-0.15, -0.1) is 0 Å². The molecule has 26 heavy (non-hydrogen) atoms. The molecule has 1 N–H and O–H groups in total. The molecule has 3 rings (SSSR count). The monoisotopic (exact) mass is 373 g/mol. The molecule has 1 amide bonds. The lowest BCUT2D eigenvalue weighted by Gasteiger charge is -2.32. The predicted octanol–water partition coefficient (Wildman–Crippen LogP) is 3.56. The molecule has 2 heterocycles. The molecule has 0 saturated heterocycles. The van der Waals surface area contributed by atoms with Crippen molar-refractivity contribution in [2.45, 2.75) is 31.2 Å². The summed E-state index contributed by atoms with van der Waals surface area (Å²) in [5.41, 5.74) is -0.0379. The van der Waals surface area contributed by atoms with Crippen molar-refractivity contribution < 1.29 is 18.3 Å². The lowest BCUT2D eigenvalue weighted by atomic mass is 10.1. The Morgan fingerprint density at radius 3 is 2.38 bits per heavy atom. The third kappa shape index (κ3) is 3.03. The maximum Gasteiger partial charge on any atom is 0.412 e. The number of fused-ring (bicyclic) bond motifs is 1. The lowest BCUT2D eigenvalue weighted by molar-refractivity contribution is 0.195. The summed E-state index contributed by atoms with van der Waals surface area (Å²) in [6.45, 7) is 5.32. The lowest BCUT2D eigenvalue weighted by Crippen LogP contribution is -2.45. The molecule has 0 fully saturated rings. The number of benzene rings is 1. The second kappa shape index (κ2) is 6.14. The number of rotatable bonds is 3. The van der Waals surface area contributed by atoms with E-state index in [9.17, 15) is 18.3 Å². The molecular formula is C18H19N3O4S. The first-order valence-corrected chi connectivity index (χ1v) is 9.37. The molecule has 0 atom stereocenters. The normalized spacial score (nSPS) is 12.3. The first kappa shape index (κ1) is 17.9. The Balaban J connectivity index is 2.13. The van der Waals surface area contributed by atoms with Crippen molar-refractivity contribution in [2.75, 3.05) is 4.90 Å². The van der Waals surface area contributed by atoms with E-state index < -0.39 is 21.7 Å². The number of hydrogen-bond acceptors (Lipinski definition) is 4. The summed E-state index contributed by atoms with van der Waals surface area (Å²) in [6, 6.07) is 11.3. The van der Waals surface area contributed by atoms with Gasteiger partial charge in [0, 0.05) is 17.1 Å². The molecule has 0 aliphatic heterocycles. The highest BCUT2D eigenvalue weighted by atomic mass is 32.2. The Hall–Kier alpha value is -2.87. The van der Waals surface area contributed by atoms with E-state index in [2.05, 4.69) is 4.98 Å². The van der Waals surface area contributed by atoms with Crippen molar-refractivity contribution in [3.63, 3.8) is 0 Å². The zero-order valence-electron chi connectivity index (χ0n) is 14.6. The molecule has 0 spiro atoms. The molecule has 0 saturated carbocycles. The average molecular weight is 373 g/mol. The fourth-order valence-corrected chi connectivity index (χ4v) is 4.12. The molecular weight excluding hydrogens is 354 g/mol. The van der Waals surface area contributed by atoms with E-state index in [1.165, 1.54) is 29.4 Å². The van der Waals surface area contributed by atoms with Gasteiger partial charge in [0.05, 0.1) is 16.8 Å². The maximum absolute atomic E-state index is 12.8. The smallest absolute Gasteiger partial charge is 0.412 e. The van der Waals surface area contributed by atoms with Gasteiger partial charge in [0.2, 0.25) is 0 Å². The summed E-state index contributed by atoms with van der Waals surface area (Å²) in [5.74, 6) is 0. The highest BCUT2D eigenvalue weighted by Gasteiger charge is 2.29. The Morgan fingerprint density at radius 2 is 1.81 bits per heavy atom. The highest BCUT2D eigenvalue weighted by molar-refractivity contribution is 7.90. The number of hydrogen-bond donors (Lipinski definition) is 1. The fourth-order valence-electron chi connectivity index (χ4n) is 2.80. The number of amides is 1. The molecule has 2 aromatic heterocycles. The van der Waals surface area contributed by atoms with Crippen LogP contribution >= 0.6 is 0 Å². The second-order valence-electron chi connectivity index (χ2n) is 6.82. The van der Waals surface area contributed by atoms with Gasteiger partial charge in [-0.1, -0.05) is 18.2 Å². The third-order valence-corrected chi connectivity index (χ3v) is 5.58. The molecule has 0 radical (unpaired) electrons. The van der Waals surface area contributed by atoms with Crippen LogP contribution < -0.4 is 4.90 Å². The molecule has 0 bridgehead atoms. The van der Waals surface area contributed by atoms with Crippen molar-refractivity contribution in [1.82, 2.24) is 8.96 Å². The van der Waals surface area contributed by atoms with Crippen molar-refractivity contribution in [3.05, 3.63) is 54.9 Å². The van der Waals surface area contributed by atoms with E-state index in [0.717, 1.165) is 3.97 Å². The van der Waals surface area contributed by atoms with Crippen LogP contribution in [0.3, 0.4) is 0 Å². The topological polar surface area (TPSA) is 92.5 Å². The number of nitrogens with zero attached hydrogens (tertiary/aromatic N) is 3. The Labute approximate surface area is 151 Å². The molecule has 136 valence electrons. The minimum Gasteiger partial charge on any atom is -0.465 e. The largest absolute Gasteiger partial charge is 0.465 e. The summed E-state index contributed by atoms with van der Waals surface area (Å²) >= 11 is 0. The van der Waals surface area contributed by atoms with E-state index >= 15 is 0 Å². The van der Waals surface area contributed by atoms with E-state index in [-0.39, 0.29) is 10.5 Å². The average Bonchev–Trinajstić information content (AvgIpc) is 2.98. The van der Waals surface area contributed by atoms with Gasteiger partial charge in [0.1, 0.15) is 0 Å². The van der Waals surface area contributed by atoms with Gasteiger partial charge in [0.15, 0.2) is 5.65 Å². The van der Waals surface area contributed by atoms with E-state index in [4.69, 9.17) is 0 Å². The number of pyridine rings is 1. The zero-order valence-corrected chi connectivity index (χ0v) is 15.4.